The summed E-state index contributed by atoms with van der Waals surface area (Å²) in [5.74, 6) is 0.442. The monoisotopic (exact) mass is 472 g/mol. The molecule has 1 atom stereocenters. The van der Waals surface area contributed by atoms with Gasteiger partial charge in [-0.1, -0.05) is 32.0 Å². The minimum Gasteiger partial charge on any atom is -0.494 e. The number of benzene rings is 2. The van der Waals surface area contributed by atoms with Crippen molar-refractivity contribution in [3.05, 3.63) is 99.3 Å². The van der Waals surface area contributed by atoms with Gasteiger partial charge in [0.15, 0.2) is 5.43 Å². The Bertz CT molecular complexity index is 1490. The Morgan fingerprint density at radius 1 is 1.09 bits per heavy atom. The molecule has 5 rings (SSSR count). The van der Waals surface area contributed by atoms with E-state index in [1.54, 1.807) is 12.1 Å². The van der Waals surface area contributed by atoms with E-state index in [0.717, 1.165) is 18.2 Å². The Hall–Kier alpha value is -4.00. The number of halogens is 1. The van der Waals surface area contributed by atoms with E-state index in [4.69, 9.17) is 9.15 Å². The highest BCUT2D eigenvalue weighted by Gasteiger charge is 2.44. The molecule has 3 heterocycles. The van der Waals surface area contributed by atoms with Crippen LogP contribution in [0.1, 0.15) is 53.7 Å². The highest BCUT2D eigenvalue weighted by Crippen LogP contribution is 2.41. The van der Waals surface area contributed by atoms with Gasteiger partial charge in [-0.25, -0.2) is 9.37 Å². The number of hydrogen-bond donors (Lipinski definition) is 0. The molecule has 0 saturated carbocycles. The number of rotatable bonds is 6. The maximum Gasteiger partial charge on any atom is 0.296 e. The lowest BCUT2D eigenvalue weighted by Gasteiger charge is -2.25. The summed E-state index contributed by atoms with van der Waals surface area (Å²) in [6.07, 6.45) is 0.898. The van der Waals surface area contributed by atoms with E-state index >= 15 is 0 Å². The third-order valence-electron chi connectivity index (χ3n) is 6.09. The van der Waals surface area contributed by atoms with Crippen LogP contribution in [0.3, 0.4) is 0 Å². The topological polar surface area (TPSA) is 72.6 Å². The van der Waals surface area contributed by atoms with Gasteiger partial charge in [-0.15, -0.1) is 0 Å². The number of carbonyl (C=O) groups excluding carboxylic acids is 1. The van der Waals surface area contributed by atoms with Crippen LogP contribution < -0.4 is 15.1 Å². The van der Waals surface area contributed by atoms with Crippen molar-refractivity contribution in [2.24, 2.45) is 5.92 Å². The fourth-order valence-electron chi connectivity index (χ4n) is 4.35. The molecule has 4 aromatic rings. The summed E-state index contributed by atoms with van der Waals surface area (Å²) in [5, 5.41) is 0.0879. The average Bonchev–Trinajstić information content (AvgIpc) is 3.12. The summed E-state index contributed by atoms with van der Waals surface area (Å²) in [6, 6.07) is 15.6. The summed E-state index contributed by atoms with van der Waals surface area (Å²) in [5.41, 5.74) is 1.27. The number of anilines is 1. The molecule has 2 aromatic carbocycles. The van der Waals surface area contributed by atoms with Gasteiger partial charge < -0.3 is 9.15 Å². The van der Waals surface area contributed by atoms with Gasteiger partial charge in [-0.2, -0.15) is 0 Å². The lowest BCUT2D eigenvalue weighted by atomic mass is 9.98. The summed E-state index contributed by atoms with van der Waals surface area (Å²) >= 11 is 0. The van der Waals surface area contributed by atoms with E-state index in [9.17, 15) is 14.0 Å². The number of fused-ring (bicyclic) bond motifs is 2. The van der Waals surface area contributed by atoms with E-state index in [0.29, 0.717) is 29.7 Å². The van der Waals surface area contributed by atoms with Crippen molar-refractivity contribution in [2.75, 3.05) is 11.5 Å². The van der Waals surface area contributed by atoms with Gasteiger partial charge in [0, 0.05) is 5.69 Å². The average molecular weight is 473 g/mol. The van der Waals surface area contributed by atoms with E-state index in [2.05, 4.69) is 18.8 Å². The van der Waals surface area contributed by atoms with Crippen molar-refractivity contribution < 1.29 is 18.3 Å². The second-order valence-corrected chi connectivity index (χ2v) is 9.13. The van der Waals surface area contributed by atoms with Crippen LogP contribution in [-0.4, -0.2) is 17.5 Å². The van der Waals surface area contributed by atoms with Gasteiger partial charge in [0.1, 0.15) is 23.0 Å². The van der Waals surface area contributed by atoms with E-state index in [1.165, 1.54) is 17.0 Å². The molecule has 1 aliphatic heterocycles. The number of ether oxygens (including phenoxy) is 1. The standard InChI is InChI=1S/C28H25FN2O4/c1-16(2)12-13-34-20-8-5-7-18(14-20)25-24-26(32)21-15-19(29)10-11-22(21)35-27(24)28(33)31(25)23-9-4-6-17(3)30-23/h4-11,14-16,25H,12-13H2,1-3H3/t25-/m0/s1. The van der Waals surface area contributed by atoms with Crippen molar-refractivity contribution in [1.29, 1.82) is 0 Å². The number of nitrogens with zero attached hydrogens (tertiary/aromatic N) is 2. The Morgan fingerprint density at radius 3 is 2.66 bits per heavy atom. The first-order valence-corrected chi connectivity index (χ1v) is 11.6. The predicted octanol–water partition coefficient (Wildman–Crippen LogP) is 5.81. The summed E-state index contributed by atoms with van der Waals surface area (Å²) in [4.78, 5) is 33.3. The molecule has 1 aliphatic rings. The molecule has 0 radical (unpaired) electrons. The van der Waals surface area contributed by atoms with Crippen LogP contribution in [0, 0.1) is 18.7 Å². The fourth-order valence-corrected chi connectivity index (χ4v) is 4.35. The minimum absolute atomic E-state index is 0.0615. The second-order valence-electron chi connectivity index (χ2n) is 9.13. The van der Waals surface area contributed by atoms with Crippen LogP contribution in [0.15, 0.2) is 69.9 Å². The molecule has 0 unspecified atom stereocenters. The highest BCUT2D eigenvalue weighted by atomic mass is 19.1. The molecular formula is C28H25FN2O4. The van der Waals surface area contributed by atoms with E-state index in [1.807, 2.05) is 37.3 Å². The van der Waals surface area contributed by atoms with Gasteiger partial charge in [0.05, 0.1) is 23.6 Å². The molecule has 0 aliphatic carbocycles. The first kappa shape index (κ1) is 22.8. The molecule has 178 valence electrons. The molecular weight excluding hydrogens is 447 g/mol. The minimum atomic E-state index is -0.802. The van der Waals surface area contributed by atoms with Gasteiger partial charge >= 0.3 is 0 Å². The maximum atomic E-state index is 14.0. The van der Waals surface area contributed by atoms with E-state index < -0.39 is 23.2 Å². The van der Waals surface area contributed by atoms with Crippen LogP contribution in [0.5, 0.6) is 5.75 Å². The third kappa shape index (κ3) is 4.18. The summed E-state index contributed by atoms with van der Waals surface area (Å²) in [7, 11) is 0. The van der Waals surface area contributed by atoms with Crippen LogP contribution in [0.25, 0.3) is 11.0 Å². The number of carbonyl (C=O) groups is 1. The zero-order valence-electron chi connectivity index (χ0n) is 19.7. The molecule has 0 fully saturated rings. The molecule has 0 bridgehead atoms. The Kier molecular flexibility index (Phi) is 5.84. The number of amides is 1. The molecule has 0 spiro atoms. The first-order valence-electron chi connectivity index (χ1n) is 11.6. The molecule has 1 amide bonds. The summed E-state index contributed by atoms with van der Waals surface area (Å²) in [6.45, 7) is 6.63. The number of hydrogen-bond acceptors (Lipinski definition) is 5. The SMILES string of the molecule is Cc1cccc(N2C(=O)c3oc4ccc(F)cc4c(=O)c3[C@@H]2c2cccc(OCCC(C)C)c2)n1. The zero-order valence-corrected chi connectivity index (χ0v) is 19.7. The van der Waals surface area contributed by atoms with Crippen molar-refractivity contribution in [3.8, 4) is 5.75 Å². The Balaban J connectivity index is 1.69. The van der Waals surface area contributed by atoms with Crippen molar-refractivity contribution in [2.45, 2.75) is 33.2 Å². The van der Waals surface area contributed by atoms with Gasteiger partial charge in [-0.3, -0.25) is 14.5 Å². The predicted molar refractivity (Wildman–Crippen MR) is 131 cm³/mol. The summed E-state index contributed by atoms with van der Waals surface area (Å²) < 4.78 is 25.8. The fraction of sp³-hybridized carbons (Fsp3) is 0.250. The molecule has 0 N–H and O–H groups in total. The van der Waals surface area contributed by atoms with E-state index in [-0.39, 0.29) is 22.3 Å². The van der Waals surface area contributed by atoms with Crippen LogP contribution in [-0.2, 0) is 0 Å². The lowest BCUT2D eigenvalue weighted by Crippen LogP contribution is -2.30. The quantitative estimate of drug-likeness (QED) is 0.354. The van der Waals surface area contributed by atoms with Crippen LogP contribution in [0.2, 0.25) is 0 Å². The number of aryl methyl sites for hydroxylation is 1. The lowest BCUT2D eigenvalue weighted by molar-refractivity contribution is 0.0970. The van der Waals surface area contributed by atoms with Gasteiger partial charge in [0.2, 0.25) is 5.76 Å². The third-order valence-corrected chi connectivity index (χ3v) is 6.09. The largest absolute Gasteiger partial charge is 0.494 e. The Labute approximate surface area is 202 Å². The number of pyridine rings is 1. The molecule has 6 nitrogen and oxygen atoms in total. The highest BCUT2D eigenvalue weighted by molar-refractivity contribution is 6.10. The Morgan fingerprint density at radius 2 is 1.89 bits per heavy atom. The molecule has 7 heteroatoms. The number of aromatic nitrogens is 1. The van der Waals surface area contributed by atoms with Crippen LogP contribution in [0.4, 0.5) is 10.2 Å². The smallest absolute Gasteiger partial charge is 0.296 e. The second kappa shape index (κ2) is 8.98. The van der Waals surface area contributed by atoms with Gasteiger partial charge in [0.25, 0.3) is 5.91 Å². The molecule has 35 heavy (non-hydrogen) atoms. The normalized spacial score (nSPS) is 15.2. The van der Waals surface area contributed by atoms with Crippen molar-refractivity contribution in [1.82, 2.24) is 4.98 Å². The molecule has 0 saturated heterocycles. The van der Waals surface area contributed by atoms with Crippen molar-refractivity contribution >= 4 is 22.7 Å². The van der Waals surface area contributed by atoms with Crippen molar-refractivity contribution in [3.63, 3.8) is 0 Å². The maximum absolute atomic E-state index is 14.0. The first-order chi connectivity index (χ1) is 16.8. The van der Waals surface area contributed by atoms with Crippen LogP contribution >= 0.6 is 0 Å². The van der Waals surface area contributed by atoms with Gasteiger partial charge in [-0.05, 0) is 67.3 Å². The molecule has 2 aromatic heterocycles. The zero-order chi connectivity index (χ0) is 24.7.